The zero-order valence-electron chi connectivity index (χ0n) is 14.0. The maximum atomic E-state index is 12.2. The Labute approximate surface area is 144 Å². The van der Waals surface area contributed by atoms with E-state index in [0.29, 0.717) is 22.6 Å². The van der Waals surface area contributed by atoms with Crippen LogP contribution in [0.1, 0.15) is 11.1 Å². The van der Waals surface area contributed by atoms with Crippen LogP contribution in [0, 0.1) is 0 Å². The van der Waals surface area contributed by atoms with Gasteiger partial charge in [-0.25, -0.2) is 5.10 Å². The number of hydrogen-bond acceptors (Lipinski definition) is 5. The molecule has 1 aromatic heterocycles. The fourth-order valence-corrected chi connectivity index (χ4v) is 3.15. The lowest BCUT2D eigenvalue weighted by molar-refractivity contribution is 0.356. The summed E-state index contributed by atoms with van der Waals surface area (Å²) in [6.07, 6.45) is 2.80. The largest absolute Gasteiger partial charge is 0.493 e. The minimum Gasteiger partial charge on any atom is -0.493 e. The van der Waals surface area contributed by atoms with Gasteiger partial charge in [0.2, 0.25) is 0 Å². The first-order valence-corrected chi connectivity index (χ1v) is 7.99. The molecule has 25 heavy (non-hydrogen) atoms. The first kappa shape index (κ1) is 15.4. The van der Waals surface area contributed by atoms with Gasteiger partial charge < -0.3 is 9.47 Å². The van der Waals surface area contributed by atoms with Crippen LogP contribution in [-0.4, -0.2) is 37.2 Å². The van der Waals surface area contributed by atoms with Gasteiger partial charge in [-0.1, -0.05) is 12.1 Å². The van der Waals surface area contributed by atoms with Crippen molar-refractivity contribution in [3.8, 4) is 22.8 Å². The third-order valence-corrected chi connectivity index (χ3v) is 4.45. The molecule has 0 saturated heterocycles. The number of ether oxygens (including phenoxy) is 2. The van der Waals surface area contributed by atoms with Crippen molar-refractivity contribution in [1.29, 1.82) is 0 Å². The Hall–Kier alpha value is -3.15. The lowest BCUT2D eigenvalue weighted by atomic mass is 9.97. The van der Waals surface area contributed by atoms with Gasteiger partial charge in [-0.15, -0.1) is 0 Å². The third kappa shape index (κ3) is 2.55. The molecule has 0 radical (unpaired) electrons. The molecule has 0 atom stereocenters. The Morgan fingerprint density at radius 2 is 1.80 bits per heavy atom. The molecule has 0 aliphatic carbocycles. The van der Waals surface area contributed by atoms with Crippen LogP contribution in [0.15, 0.2) is 40.1 Å². The van der Waals surface area contributed by atoms with Crippen LogP contribution in [0.4, 0.5) is 0 Å². The van der Waals surface area contributed by atoms with E-state index in [2.05, 4.69) is 21.3 Å². The summed E-state index contributed by atoms with van der Waals surface area (Å²) in [4.78, 5) is 16.5. The topological polar surface area (TPSA) is 76.6 Å². The molecular weight excluding hydrogens is 318 g/mol. The van der Waals surface area contributed by atoms with Crippen molar-refractivity contribution in [2.45, 2.75) is 6.42 Å². The average molecular weight is 335 g/mol. The molecule has 1 aliphatic heterocycles. The molecule has 3 aromatic rings. The van der Waals surface area contributed by atoms with E-state index in [0.717, 1.165) is 29.5 Å². The third-order valence-electron chi connectivity index (χ3n) is 4.45. The maximum Gasteiger partial charge on any atom is 0.272 e. The number of rotatable bonds is 3. The van der Waals surface area contributed by atoms with Gasteiger partial charge in [0.15, 0.2) is 11.5 Å². The summed E-state index contributed by atoms with van der Waals surface area (Å²) < 4.78 is 10.7. The molecular formula is C19H17N3O3. The van der Waals surface area contributed by atoms with Gasteiger partial charge in [0.05, 0.1) is 25.3 Å². The highest BCUT2D eigenvalue weighted by molar-refractivity contribution is 5.96. The quantitative estimate of drug-likeness (QED) is 0.798. The van der Waals surface area contributed by atoms with Crippen LogP contribution < -0.4 is 15.0 Å². The fraction of sp³-hybridized carbons (Fsp3) is 0.211. The minimum atomic E-state index is -0.259. The number of aliphatic imine (C=N–C) groups is 1. The van der Waals surface area contributed by atoms with Gasteiger partial charge in [-0.05, 0) is 35.7 Å². The Balaban J connectivity index is 1.97. The minimum absolute atomic E-state index is 0.259. The number of aromatic amines is 1. The summed E-state index contributed by atoms with van der Waals surface area (Å²) in [6.45, 7) is 0.793. The van der Waals surface area contributed by atoms with Crippen molar-refractivity contribution in [1.82, 2.24) is 10.2 Å². The van der Waals surface area contributed by atoms with E-state index in [9.17, 15) is 4.79 Å². The number of fused-ring (bicyclic) bond motifs is 2. The molecule has 0 bridgehead atoms. The van der Waals surface area contributed by atoms with Crippen LogP contribution in [0.5, 0.6) is 11.5 Å². The highest BCUT2D eigenvalue weighted by Gasteiger charge is 2.15. The molecule has 0 amide bonds. The summed E-state index contributed by atoms with van der Waals surface area (Å²) in [7, 11) is 3.12. The van der Waals surface area contributed by atoms with E-state index < -0.39 is 0 Å². The fourth-order valence-electron chi connectivity index (χ4n) is 3.15. The van der Waals surface area contributed by atoms with Crippen LogP contribution in [0.25, 0.3) is 22.0 Å². The molecule has 0 spiro atoms. The zero-order valence-corrected chi connectivity index (χ0v) is 14.0. The van der Waals surface area contributed by atoms with E-state index in [1.807, 2.05) is 18.3 Å². The second-order valence-corrected chi connectivity index (χ2v) is 5.85. The summed E-state index contributed by atoms with van der Waals surface area (Å²) in [5.41, 5.74) is 3.75. The van der Waals surface area contributed by atoms with Gasteiger partial charge in [0, 0.05) is 23.7 Å². The van der Waals surface area contributed by atoms with Gasteiger partial charge in [-0.3, -0.25) is 9.79 Å². The van der Waals surface area contributed by atoms with E-state index in [1.165, 1.54) is 5.56 Å². The van der Waals surface area contributed by atoms with E-state index in [1.54, 1.807) is 26.4 Å². The van der Waals surface area contributed by atoms with Gasteiger partial charge in [0.1, 0.15) is 0 Å². The van der Waals surface area contributed by atoms with Crippen molar-refractivity contribution in [3.63, 3.8) is 0 Å². The lowest BCUT2D eigenvalue weighted by Crippen LogP contribution is -2.10. The van der Waals surface area contributed by atoms with Crippen molar-refractivity contribution in [3.05, 3.63) is 51.8 Å². The van der Waals surface area contributed by atoms with Gasteiger partial charge in [-0.2, -0.15) is 5.10 Å². The molecule has 6 heteroatoms. The van der Waals surface area contributed by atoms with Crippen LogP contribution >= 0.6 is 0 Å². The summed E-state index contributed by atoms with van der Waals surface area (Å²) in [5, 5.41) is 8.11. The van der Waals surface area contributed by atoms with Gasteiger partial charge in [0.25, 0.3) is 5.56 Å². The maximum absolute atomic E-state index is 12.2. The number of methoxy groups -OCH3 is 2. The highest BCUT2D eigenvalue weighted by Crippen LogP contribution is 2.35. The summed E-state index contributed by atoms with van der Waals surface area (Å²) in [6, 6.07) is 9.62. The first-order chi connectivity index (χ1) is 12.2. The monoisotopic (exact) mass is 335 g/mol. The van der Waals surface area contributed by atoms with E-state index in [4.69, 9.17) is 9.47 Å². The molecule has 1 N–H and O–H groups in total. The second-order valence-electron chi connectivity index (χ2n) is 5.85. The number of nitrogens with zero attached hydrogens (tertiary/aromatic N) is 2. The van der Waals surface area contributed by atoms with Crippen molar-refractivity contribution in [2.24, 2.45) is 4.99 Å². The molecule has 2 aromatic carbocycles. The smallest absolute Gasteiger partial charge is 0.272 e. The normalized spacial score (nSPS) is 12.9. The lowest BCUT2D eigenvalue weighted by Gasteiger charge is -2.13. The SMILES string of the molecule is COc1cc2c(-c3ccc4c(c3)CCN=C4)n[nH]c(=O)c2cc1OC. The number of nitrogens with one attached hydrogen (secondary N) is 1. The first-order valence-electron chi connectivity index (χ1n) is 7.99. The number of hydrogen-bond donors (Lipinski definition) is 1. The number of benzene rings is 2. The van der Waals surface area contributed by atoms with E-state index >= 15 is 0 Å². The summed E-state index contributed by atoms with van der Waals surface area (Å²) >= 11 is 0. The Morgan fingerprint density at radius 3 is 2.56 bits per heavy atom. The average Bonchev–Trinajstić information content (AvgIpc) is 2.67. The number of H-pyrrole nitrogens is 1. The molecule has 6 nitrogen and oxygen atoms in total. The van der Waals surface area contributed by atoms with Crippen molar-refractivity contribution < 1.29 is 9.47 Å². The van der Waals surface area contributed by atoms with Crippen LogP contribution in [0.3, 0.4) is 0 Å². The zero-order chi connectivity index (χ0) is 17.4. The highest BCUT2D eigenvalue weighted by atomic mass is 16.5. The predicted octanol–water partition coefficient (Wildman–Crippen LogP) is 2.58. The van der Waals surface area contributed by atoms with Crippen molar-refractivity contribution in [2.75, 3.05) is 20.8 Å². The molecule has 0 unspecified atom stereocenters. The molecule has 4 rings (SSSR count). The molecule has 0 fully saturated rings. The molecule has 1 aliphatic rings. The Morgan fingerprint density at radius 1 is 1.04 bits per heavy atom. The van der Waals surface area contributed by atoms with Crippen molar-refractivity contribution >= 4 is 17.0 Å². The van der Waals surface area contributed by atoms with Gasteiger partial charge >= 0.3 is 0 Å². The van der Waals surface area contributed by atoms with Crippen LogP contribution in [0.2, 0.25) is 0 Å². The Bertz CT molecular complexity index is 1050. The molecule has 126 valence electrons. The summed E-state index contributed by atoms with van der Waals surface area (Å²) in [5.74, 6) is 1.08. The standard InChI is InChI=1S/C19H17N3O3/c1-24-16-8-14-15(9-17(16)25-2)19(23)22-21-18(14)12-3-4-13-10-20-6-5-11(13)7-12/h3-4,7-10H,5-6H2,1-2H3,(H,22,23). The molecule has 2 heterocycles. The Kier molecular flexibility index (Phi) is 3.72. The second kappa shape index (κ2) is 6.05. The van der Waals surface area contributed by atoms with Crippen LogP contribution in [-0.2, 0) is 6.42 Å². The predicted molar refractivity (Wildman–Crippen MR) is 97.1 cm³/mol. The van der Waals surface area contributed by atoms with E-state index in [-0.39, 0.29) is 5.56 Å². The number of aromatic nitrogens is 2. The molecule has 0 saturated carbocycles.